The van der Waals surface area contributed by atoms with Crippen molar-refractivity contribution >= 4 is 70.7 Å². The van der Waals surface area contributed by atoms with Gasteiger partial charge in [-0.2, -0.15) is 0 Å². The minimum absolute atomic E-state index is 0. The molecule has 0 N–H and O–H groups in total. The molecular formula is C24H60CaN2Si4. The molecule has 0 fully saturated rings. The summed E-state index contributed by atoms with van der Waals surface area (Å²) in [7, 11) is -4.92. The van der Waals surface area contributed by atoms with Crippen LogP contribution in [-0.4, -0.2) is 70.7 Å². The minimum atomic E-state index is -1.23. The largest absolute Gasteiger partial charge is 2.00 e. The molecule has 0 radical (unpaired) electrons. The van der Waals surface area contributed by atoms with E-state index in [2.05, 4.69) is 83.1 Å². The smallest absolute Gasteiger partial charge is 0.666 e. The van der Waals surface area contributed by atoms with Crippen LogP contribution < -0.4 is 0 Å². The summed E-state index contributed by atoms with van der Waals surface area (Å²) < 4.78 is 11.1. The first-order chi connectivity index (χ1) is 14.1. The van der Waals surface area contributed by atoms with Crippen molar-refractivity contribution in [3.63, 3.8) is 0 Å². The Morgan fingerprint density at radius 2 is 0.387 bits per heavy atom. The fourth-order valence-corrected chi connectivity index (χ4v) is 26.6. The molecule has 0 rings (SSSR count). The summed E-state index contributed by atoms with van der Waals surface area (Å²) in [6.45, 7) is 28.4. The molecule has 0 saturated heterocycles. The van der Waals surface area contributed by atoms with Gasteiger partial charge < -0.3 is 9.30 Å². The van der Waals surface area contributed by atoms with Crippen molar-refractivity contribution in [2.45, 2.75) is 156 Å². The van der Waals surface area contributed by atoms with Gasteiger partial charge in [0.15, 0.2) is 0 Å². The van der Waals surface area contributed by atoms with Crippen LogP contribution in [0, 0.1) is 0 Å². The van der Waals surface area contributed by atoms with Crippen molar-refractivity contribution in [1.82, 2.24) is 0 Å². The van der Waals surface area contributed by atoms with Crippen molar-refractivity contribution in [3.05, 3.63) is 9.30 Å². The van der Waals surface area contributed by atoms with Gasteiger partial charge in [0.2, 0.25) is 0 Å². The van der Waals surface area contributed by atoms with Gasteiger partial charge in [-0.25, -0.2) is 0 Å². The molecule has 0 spiro atoms. The van der Waals surface area contributed by atoms with Gasteiger partial charge >= 0.3 is 37.7 Å². The number of hydrogen-bond donors (Lipinski definition) is 0. The first kappa shape index (κ1) is 37.6. The molecule has 0 bridgehead atoms. The Hall–Kier alpha value is 2.05. The summed E-state index contributed by atoms with van der Waals surface area (Å²) in [5, 5.41) is 0. The van der Waals surface area contributed by atoms with E-state index in [1.54, 1.807) is 0 Å². The van der Waals surface area contributed by atoms with Crippen molar-refractivity contribution in [2.75, 3.05) is 0 Å². The normalized spacial score (nSPS) is 12.8. The third kappa shape index (κ3) is 11.6. The molecule has 0 saturated carbocycles. The van der Waals surface area contributed by atoms with E-state index >= 15 is 0 Å². The van der Waals surface area contributed by atoms with Crippen LogP contribution in [0.5, 0.6) is 0 Å². The van der Waals surface area contributed by atoms with E-state index in [9.17, 15) is 0 Å². The monoisotopic (exact) mass is 528 g/mol. The molecule has 0 aliphatic rings. The molecule has 0 aromatic heterocycles. The maximum Gasteiger partial charge on any atom is 2.00 e. The van der Waals surface area contributed by atoms with Crippen LogP contribution in [0.15, 0.2) is 0 Å². The Kier molecular flexibility index (Phi) is 23.4. The van der Waals surface area contributed by atoms with E-state index in [-0.39, 0.29) is 37.7 Å². The molecule has 184 valence electrons. The summed E-state index contributed by atoms with van der Waals surface area (Å²) in [5.74, 6) is 0. The molecular weight excluding hydrogens is 469 g/mol. The van der Waals surface area contributed by atoms with Crippen LogP contribution in [0.3, 0.4) is 0 Å². The third-order valence-corrected chi connectivity index (χ3v) is 32.2. The fourth-order valence-electron chi connectivity index (χ4n) is 4.95. The zero-order valence-electron chi connectivity index (χ0n) is 24.1. The first-order valence-electron chi connectivity index (χ1n) is 13.6. The average Bonchev–Trinajstić information content (AvgIpc) is 2.83. The zero-order chi connectivity index (χ0) is 23.9. The average molecular weight is 529 g/mol. The third-order valence-electron chi connectivity index (χ3n) is 8.85. The Morgan fingerprint density at radius 1 is 0.290 bits per heavy atom. The van der Waals surface area contributed by atoms with Gasteiger partial charge in [0.05, 0.1) is 0 Å². The topological polar surface area (TPSA) is 28.2 Å². The van der Waals surface area contributed by atoms with Crippen LogP contribution in [0.1, 0.15) is 83.1 Å². The van der Waals surface area contributed by atoms with Crippen molar-refractivity contribution in [3.8, 4) is 0 Å². The summed E-state index contributed by atoms with van der Waals surface area (Å²) in [6.07, 6.45) is 0. The molecule has 7 heteroatoms. The Labute approximate surface area is 233 Å². The molecule has 0 aliphatic carbocycles. The predicted octanol–water partition coefficient (Wildman–Crippen LogP) is 10.4. The molecule has 0 heterocycles. The van der Waals surface area contributed by atoms with E-state index in [0.717, 1.165) is 0 Å². The van der Waals surface area contributed by atoms with Crippen LogP contribution in [0.2, 0.25) is 72.5 Å². The first-order valence-corrected chi connectivity index (χ1v) is 23.9. The Bertz CT molecular complexity index is 301. The molecule has 0 atom stereocenters. The van der Waals surface area contributed by atoms with E-state index in [4.69, 9.17) is 9.30 Å². The van der Waals surface area contributed by atoms with Gasteiger partial charge in [-0.1, -0.05) is 189 Å². The molecule has 2 nitrogen and oxygen atoms in total. The number of nitrogens with zero attached hydrogens (tertiary/aromatic N) is 2. The molecule has 31 heavy (non-hydrogen) atoms. The van der Waals surface area contributed by atoms with Gasteiger partial charge in [0, 0.05) is 0 Å². The fraction of sp³-hybridized carbons (Fsp3) is 1.00. The quantitative estimate of drug-likeness (QED) is 0.178. The van der Waals surface area contributed by atoms with E-state index in [1.807, 2.05) is 0 Å². The van der Waals surface area contributed by atoms with Crippen LogP contribution in [0.4, 0.5) is 0 Å². The maximum absolute atomic E-state index is 5.53. The van der Waals surface area contributed by atoms with Crippen molar-refractivity contribution in [2.24, 2.45) is 0 Å². The molecule has 0 unspecified atom stereocenters. The van der Waals surface area contributed by atoms with Crippen LogP contribution >= 0.6 is 0 Å². The summed E-state index contributed by atoms with van der Waals surface area (Å²) >= 11 is 0. The zero-order valence-corrected chi connectivity index (χ0v) is 30.3. The van der Waals surface area contributed by atoms with Gasteiger partial charge in [-0.15, -0.1) is 0 Å². The van der Waals surface area contributed by atoms with Crippen LogP contribution in [-0.2, 0) is 0 Å². The van der Waals surface area contributed by atoms with E-state index in [1.165, 1.54) is 72.5 Å². The number of rotatable bonds is 16. The second-order valence-corrected chi connectivity index (χ2v) is 29.4. The molecule has 0 amide bonds. The van der Waals surface area contributed by atoms with Gasteiger partial charge in [0.1, 0.15) is 0 Å². The second-order valence-electron chi connectivity index (χ2n) is 9.36. The van der Waals surface area contributed by atoms with Gasteiger partial charge in [-0.05, 0) is 0 Å². The molecule has 0 aromatic rings. The maximum atomic E-state index is 5.53. The SMILES string of the molecule is CC[Si](CC)(CC)[N-][Si](CC)(CC)CC.CC[Si](CC)(CC)[N-][Si](CC)(CC)CC.[Ca+2]. The van der Waals surface area contributed by atoms with Gasteiger partial charge in [0.25, 0.3) is 0 Å². The standard InChI is InChI=1S/2C12H30NSi2.Ca/c2*1-7-14(8-2,9-3)13-15(10-4,11-5)12-6;/h2*7-12H2,1-6H3;/q2*-1;+2. The van der Waals surface area contributed by atoms with Crippen LogP contribution in [0.25, 0.3) is 9.30 Å². The summed E-state index contributed by atoms with van der Waals surface area (Å²) in [4.78, 5) is 0. The van der Waals surface area contributed by atoms with E-state index < -0.39 is 32.9 Å². The molecule has 0 aliphatic heterocycles. The van der Waals surface area contributed by atoms with Crippen molar-refractivity contribution < 1.29 is 0 Å². The van der Waals surface area contributed by atoms with Crippen molar-refractivity contribution in [1.29, 1.82) is 0 Å². The van der Waals surface area contributed by atoms with Gasteiger partial charge in [-0.3, -0.25) is 0 Å². The van der Waals surface area contributed by atoms with E-state index in [0.29, 0.717) is 0 Å². The number of hydrogen-bond acceptors (Lipinski definition) is 0. The Morgan fingerprint density at radius 3 is 0.452 bits per heavy atom. The summed E-state index contributed by atoms with van der Waals surface area (Å²) in [5.41, 5.74) is 0. The molecule has 0 aromatic carbocycles. The minimum Gasteiger partial charge on any atom is -0.666 e. The second kappa shape index (κ2) is 19.3. The summed E-state index contributed by atoms with van der Waals surface area (Å²) in [6, 6.07) is 16.3. The predicted molar refractivity (Wildman–Crippen MR) is 161 cm³/mol. The Balaban J connectivity index is -0.000000490.